The van der Waals surface area contributed by atoms with Crippen LogP contribution in [0, 0.1) is 13.8 Å². The number of hydrogen-bond donors (Lipinski definition) is 0. The number of aryl methyl sites for hydroxylation is 2. The Morgan fingerprint density at radius 3 is 2.50 bits per heavy atom. The summed E-state index contributed by atoms with van der Waals surface area (Å²) in [4.78, 5) is 18.0. The monoisotopic (exact) mass is 472 g/mol. The van der Waals surface area contributed by atoms with Gasteiger partial charge < -0.3 is 8.99 Å². The number of nitrogens with zero attached hydrogens (tertiary/aromatic N) is 4. The predicted molar refractivity (Wildman–Crippen MR) is 135 cm³/mol. The number of allylic oxidation sites excluding steroid dienone is 2. The molecule has 0 spiro atoms. The van der Waals surface area contributed by atoms with Gasteiger partial charge in [-0.2, -0.15) is 5.01 Å². The van der Waals surface area contributed by atoms with E-state index in [0.29, 0.717) is 5.57 Å². The lowest BCUT2D eigenvalue weighted by Crippen LogP contribution is -2.57. The molecule has 174 valence electrons. The molecule has 2 atom stereocenters. The Morgan fingerprint density at radius 1 is 1.19 bits per heavy atom. The van der Waals surface area contributed by atoms with E-state index in [1.165, 1.54) is 11.4 Å². The zero-order valence-corrected chi connectivity index (χ0v) is 22.2. The lowest BCUT2D eigenvalue weighted by atomic mass is 10.1. The van der Waals surface area contributed by atoms with Gasteiger partial charge in [0.25, 0.3) is 0 Å². The topological polar surface area (TPSA) is 50.1 Å². The molecular weight excluding hydrogens is 436 g/mol. The van der Waals surface area contributed by atoms with Crippen LogP contribution in [0.3, 0.4) is 0 Å². The van der Waals surface area contributed by atoms with Crippen molar-refractivity contribution in [3.05, 3.63) is 46.3 Å². The number of piperidine rings is 1. The molecule has 1 saturated heterocycles. The van der Waals surface area contributed by atoms with E-state index in [-0.39, 0.29) is 16.8 Å². The summed E-state index contributed by atoms with van der Waals surface area (Å²) < 4.78 is 9.14. The number of hydrazine groups is 1. The molecule has 8 heteroatoms. The van der Waals surface area contributed by atoms with Gasteiger partial charge in [-0.05, 0) is 69.5 Å². The molecule has 3 aliphatic rings. The number of carbonyl (C=O) groups excluding carboxylic acids is 1. The minimum Gasteiger partial charge on any atom is -0.400 e. The quantitative estimate of drug-likeness (QED) is 0.404. The van der Waals surface area contributed by atoms with Gasteiger partial charge in [-0.3, -0.25) is 9.80 Å². The highest BCUT2D eigenvalue weighted by molar-refractivity contribution is 8.04. The van der Waals surface area contributed by atoms with Gasteiger partial charge in [0, 0.05) is 29.7 Å². The number of fused-ring (bicyclic) bond motifs is 1. The van der Waals surface area contributed by atoms with Crippen LogP contribution in [-0.2, 0) is 9.22 Å². The highest BCUT2D eigenvalue weighted by Gasteiger charge is 2.43. The molecular formula is C24H36N4O2SSi. The van der Waals surface area contributed by atoms with Gasteiger partial charge in [-0.15, -0.1) is 0 Å². The minimum atomic E-state index is -1.95. The number of amidine groups is 1. The van der Waals surface area contributed by atoms with Crippen LogP contribution in [0.2, 0.25) is 18.1 Å². The zero-order valence-electron chi connectivity index (χ0n) is 20.4. The summed E-state index contributed by atoms with van der Waals surface area (Å²) in [5.41, 5.74) is 2.99. The van der Waals surface area contributed by atoms with Crippen molar-refractivity contribution < 1.29 is 9.22 Å². The van der Waals surface area contributed by atoms with Gasteiger partial charge in [-0.1, -0.05) is 32.5 Å². The van der Waals surface area contributed by atoms with Gasteiger partial charge in [0.2, 0.25) is 0 Å². The van der Waals surface area contributed by atoms with Crippen LogP contribution in [0.5, 0.6) is 0 Å². The first-order chi connectivity index (χ1) is 15.0. The van der Waals surface area contributed by atoms with Gasteiger partial charge in [0.15, 0.2) is 25.9 Å². The van der Waals surface area contributed by atoms with Crippen molar-refractivity contribution in [3.8, 4) is 0 Å². The second kappa shape index (κ2) is 8.63. The Morgan fingerprint density at radius 2 is 1.88 bits per heavy atom. The molecule has 1 fully saturated rings. The molecule has 0 N–H and O–H groups in total. The van der Waals surface area contributed by atoms with Crippen LogP contribution in [0.4, 0.5) is 0 Å². The highest BCUT2D eigenvalue weighted by Crippen LogP contribution is 2.45. The van der Waals surface area contributed by atoms with Gasteiger partial charge in [0.05, 0.1) is 4.91 Å². The highest BCUT2D eigenvalue weighted by atomic mass is 32.2. The summed E-state index contributed by atoms with van der Waals surface area (Å²) in [5.74, 6) is 0.920. The number of aromatic nitrogens is 1. The van der Waals surface area contributed by atoms with E-state index in [0.717, 1.165) is 42.8 Å². The Kier molecular flexibility index (Phi) is 6.35. The average Bonchev–Trinajstić information content (AvgIpc) is 3.28. The van der Waals surface area contributed by atoms with E-state index < -0.39 is 8.32 Å². The summed E-state index contributed by atoms with van der Waals surface area (Å²) in [6.45, 7) is 16.6. The number of aldehydes is 1. The summed E-state index contributed by atoms with van der Waals surface area (Å²) in [6, 6.07) is 4.26. The van der Waals surface area contributed by atoms with Crippen molar-refractivity contribution in [2.75, 3.05) is 6.54 Å². The molecule has 3 aliphatic heterocycles. The third-order valence-electron chi connectivity index (χ3n) is 7.09. The van der Waals surface area contributed by atoms with E-state index in [1.807, 2.05) is 12.3 Å². The number of aliphatic imine (C=N–C) groups is 1. The molecule has 4 heterocycles. The van der Waals surface area contributed by atoms with Crippen molar-refractivity contribution in [1.29, 1.82) is 0 Å². The van der Waals surface area contributed by atoms with Crippen molar-refractivity contribution in [3.63, 3.8) is 0 Å². The van der Waals surface area contributed by atoms with Crippen molar-refractivity contribution in [2.45, 2.75) is 83.7 Å². The van der Waals surface area contributed by atoms with Crippen LogP contribution >= 0.6 is 11.8 Å². The molecule has 0 radical (unpaired) electrons. The van der Waals surface area contributed by atoms with Crippen LogP contribution in [-0.4, -0.2) is 47.8 Å². The number of hydrogen-bond acceptors (Lipinski definition) is 6. The van der Waals surface area contributed by atoms with E-state index in [1.54, 1.807) is 11.8 Å². The first kappa shape index (κ1) is 23.5. The van der Waals surface area contributed by atoms with E-state index in [4.69, 9.17) is 9.42 Å². The standard InChI is InChI=1S/C24H36N4O2SSi/c1-17-11-12-18(2)28(17)23-25-22-20(31-23)14-19(16-29)15-27(22)26-13-9-8-10-21(26)30-32(6,7)24(3,4)5/h11-12,14-16,21,23H,8-10,13H2,1-7H3. The fourth-order valence-corrected chi connectivity index (χ4v) is 6.74. The van der Waals surface area contributed by atoms with Crippen LogP contribution in [0.15, 0.2) is 39.9 Å². The van der Waals surface area contributed by atoms with Crippen LogP contribution < -0.4 is 0 Å². The van der Waals surface area contributed by atoms with Crippen LogP contribution in [0.25, 0.3) is 0 Å². The third kappa shape index (κ3) is 4.30. The molecule has 0 amide bonds. The molecule has 0 bridgehead atoms. The molecule has 1 aromatic rings. The molecule has 1 aromatic heterocycles. The number of thioether (sulfide) groups is 1. The Balaban J connectivity index is 1.68. The molecule has 32 heavy (non-hydrogen) atoms. The first-order valence-corrected chi connectivity index (χ1v) is 15.3. The van der Waals surface area contributed by atoms with E-state index >= 15 is 0 Å². The Bertz CT molecular complexity index is 969. The molecule has 6 nitrogen and oxygen atoms in total. The molecule has 0 saturated carbocycles. The lowest BCUT2D eigenvalue weighted by molar-refractivity contribution is -0.106. The summed E-state index contributed by atoms with van der Waals surface area (Å²) in [5, 5.41) is 4.55. The molecule has 0 aromatic carbocycles. The average molecular weight is 473 g/mol. The zero-order chi connectivity index (χ0) is 23.3. The summed E-state index contributed by atoms with van der Waals surface area (Å²) in [7, 11) is -1.95. The second-order valence-electron chi connectivity index (χ2n) is 10.5. The fourth-order valence-electron chi connectivity index (χ4n) is 4.19. The molecule has 0 aliphatic carbocycles. The minimum absolute atomic E-state index is 0.00468. The van der Waals surface area contributed by atoms with E-state index in [9.17, 15) is 4.79 Å². The maximum Gasteiger partial charge on any atom is 0.194 e. The molecule has 4 rings (SSSR count). The lowest BCUT2D eigenvalue weighted by Gasteiger charge is -2.47. The van der Waals surface area contributed by atoms with Crippen molar-refractivity contribution in [1.82, 2.24) is 14.6 Å². The van der Waals surface area contributed by atoms with Crippen LogP contribution in [0.1, 0.15) is 56.9 Å². The SMILES string of the molecule is Cc1ccc(C)n1C1N=C2C(=CC(C=O)=CN2N2CCCCC2O[Si](C)(C)C(C)(C)C)S1. The molecule has 2 unspecified atom stereocenters. The maximum absolute atomic E-state index is 11.8. The second-order valence-corrected chi connectivity index (χ2v) is 16.3. The maximum atomic E-state index is 11.8. The van der Waals surface area contributed by atoms with Gasteiger partial charge in [0.1, 0.15) is 6.23 Å². The third-order valence-corrected chi connectivity index (χ3v) is 12.6. The Labute approximate surface area is 197 Å². The fraction of sp³-hybridized carbons (Fsp3) is 0.583. The summed E-state index contributed by atoms with van der Waals surface area (Å²) in [6.07, 6.45) is 8.08. The number of carbonyl (C=O) groups is 1. The van der Waals surface area contributed by atoms with Crippen molar-refractivity contribution >= 4 is 32.2 Å². The van der Waals surface area contributed by atoms with Gasteiger partial charge >= 0.3 is 0 Å². The van der Waals surface area contributed by atoms with E-state index in [2.05, 4.69) is 74.4 Å². The van der Waals surface area contributed by atoms with Gasteiger partial charge in [-0.25, -0.2) is 4.99 Å². The predicted octanol–water partition coefficient (Wildman–Crippen LogP) is 5.74. The first-order valence-electron chi connectivity index (χ1n) is 11.5. The largest absolute Gasteiger partial charge is 0.400 e. The number of rotatable bonds is 5. The van der Waals surface area contributed by atoms with Crippen molar-refractivity contribution in [2.24, 2.45) is 4.99 Å². The smallest absolute Gasteiger partial charge is 0.194 e. The normalized spacial score (nSPS) is 24.7. The summed E-state index contributed by atoms with van der Waals surface area (Å²) >= 11 is 1.71. The Hall–Kier alpha value is -1.61.